The van der Waals surface area contributed by atoms with Crippen LogP contribution in [0.5, 0.6) is 0 Å². The number of hydrogen-bond donors (Lipinski definition) is 1. The molecular weight excluding hydrogens is 344 g/mol. The van der Waals surface area contributed by atoms with Gasteiger partial charge in [-0.25, -0.2) is 4.79 Å². The van der Waals surface area contributed by atoms with Crippen LogP contribution in [0.4, 0.5) is 4.79 Å². The minimum Gasteiger partial charge on any atom is -0.464 e. The molecule has 2 atom stereocenters. The number of methoxy groups -OCH3 is 1. The standard InChI is InChI=1S/C21H26N2O4/c1-15-7-8-19(27-15)18(13-25-2)22-20(24)23-11-12-26-21(14-23)10-9-16-5-3-4-6-17(16)21/h3-8,18H,9-14H2,1-2H3,(H,22,24). The molecule has 27 heavy (non-hydrogen) atoms. The summed E-state index contributed by atoms with van der Waals surface area (Å²) in [6.45, 7) is 3.92. The molecule has 2 aromatic rings. The summed E-state index contributed by atoms with van der Waals surface area (Å²) in [6.07, 6.45) is 1.90. The molecule has 1 aromatic carbocycles. The molecule has 1 fully saturated rings. The van der Waals surface area contributed by atoms with Gasteiger partial charge in [-0.05, 0) is 43.0 Å². The third-order valence-corrected chi connectivity index (χ3v) is 5.52. The Morgan fingerprint density at radius 2 is 2.19 bits per heavy atom. The zero-order valence-corrected chi connectivity index (χ0v) is 15.9. The zero-order valence-electron chi connectivity index (χ0n) is 15.9. The first kappa shape index (κ1) is 18.1. The van der Waals surface area contributed by atoms with E-state index in [1.165, 1.54) is 11.1 Å². The number of fused-ring (bicyclic) bond motifs is 2. The number of urea groups is 1. The number of carbonyl (C=O) groups is 1. The third-order valence-electron chi connectivity index (χ3n) is 5.52. The van der Waals surface area contributed by atoms with E-state index in [0.29, 0.717) is 32.1 Å². The van der Waals surface area contributed by atoms with Gasteiger partial charge < -0.3 is 24.1 Å². The molecule has 1 aliphatic heterocycles. The lowest BCUT2D eigenvalue weighted by Crippen LogP contribution is -2.54. The van der Waals surface area contributed by atoms with Crippen LogP contribution in [-0.2, 0) is 21.5 Å². The van der Waals surface area contributed by atoms with Crippen molar-refractivity contribution >= 4 is 6.03 Å². The van der Waals surface area contributed by atoms with Crippen LogP contribution in [0, 0.1) is 6.92 Å². The molecule has 1 saturated heterocycles. The Kier molecular flexibility index (Phi) is 4.93. The van der Waals surface area contributed by atoms with Crippen LogP contribution in [0.1, 0.15) is 35.1 Å². The predicted octanol–water partition coefficient (Wildman–Crippen LogP) is 3.16. The summed E-state index contributed by atoms with van der Waals surface area (Å²) in [5.74, 6) is 1.52. The molecule has 0 bridgehead atoms. The molecular formula is C21H26N2O4. The summed E-state index contributed by atoms with van der Waals surface area (Å²) in [5, 5.41) is 3.06. The highest BCUT2D eigenvalue weighted by atomic mass is 16.5. The van der Waals surface area contributed by atoms with Gasteiger partial charge in [0, 0.05) is 13.7 Å². The molecule has 1 N–H and O–H groups in total. The van der Waals surface area contributed by atoms with Gasteiger partial charge in [0.15, 0.2) is 0 Å². The van der Waals surface area contributed by atoms with Crippen molar-refractivity contribution in [2.24, 2.45) is 0 Å². The van der Waals surface area contributed by atoms with Gasteiger partial charge in [0.1, 0.15) is 23.2 Å². The van der Waals surface area contributed by atoms with Crippen LogP contribution in [0.3, 0.4) is 0 Å². The summed E-state index contributed by atoms with van der Waals surface area (Å²) >= 11 is 0. The van der Waals surface area contributed by atoms with E-state index in [4.69, 9.17) is 13.9 Å². The first-order chi connectivity index (χ1) is 13.1. The van der Waals surface area contributed by atoms with Crippen LogP contribution in [0.15, 0.2) is 40.8 Å². The molecule has 6 heteroatoms. The quantitative estimate of drug-likeness (QED) is 0.898. The number of nitrogens with one attached hydrogen (secondary N) is 1. The molecule has 1 aromatic heterocycles. The van der Waals surface area contributed by atoms with Gasteiger partial charge in [-0.3, -0.25) is 0 Å². The monoisotopic (exact) mass is 370 g/mol. The fourth-order valence-corrected chi connectivity index (χ4v) is 4.17. The summed E-state index contributed by atoms with van der Waals surface area (Å²) in [5.41, 5.74) is 2.16. The van der Waals surface area contributed by atoms with Gasteiger partial charge >= 0.3 is 6.03 Å². The first-order valence-corrected chi connectivity index (χ1v) is 9.44. The van der Waals surface area contributed by atoms with Crippen molar-refractivity contribution in [1.82, 2.24) is 10.2 Å². The number of ether oxygens (including phenoxy) is 2. The Balaban J connectivity index is 1.49. The van der Waals surface area contributed by atoms with E-state index in [9.17, 15) is 4.79 Å². The molecule has 2 aliphatic rings. The molecule has 2 heterocycles. The van der Waals surface area contributed by atoms with Crippen LogP contribution >= 0.6 is 0 Å². The molecule has 4 rings (SSSR count). The largest absolute Gasteiger partial charge is 0.464 e. The summed E-state index contributed by atoms with van der Waals surface area (Å²) < 4.78 is 17.2. The number of carbonyl (C=O) groups excluding carboxylic acids is 1. The topological polar surface area (TPSA) is 63.9 Å². The smallest absolute Gasteiger partial charge is 0.318 e. The Bertz CT molecular complexity index is 814. The van der Waals surface area contributed by atoms with Crippen molar-refractivity contribution in [3.63, 3.8) is 0 Å². The Morgan fingerprint density at radius 1 is 1.33 bits per heavy atom. The van der Waals surface area contributed by atoms with Crippen molar-refractivity contribution in [3.05, 3.63) is 59.0 Å². The van der Waals surface area contributed by atoms with Crippen LogP contribution in [0.25, 0.3) is 0 Å². The highest BCUT2D eigenvalue weighted by Gasteiger charge is 2.44. The Labute approximate surface area is 159 Å². The number of benzene rings is 1. The maximum absolute atomic E-state index is 13.0. The van der Waals surface area contributed by atoms with Gasteiger partial charge in [0.25, 0.3) is 0 Å². The second-order valence-electron chi connectivity index (χ2n) is 7.33. The van der Waals surface area contributed by atoms with Gasteiger partial charge in [0.2, 0.25) is 0 Å². The lowest BCUT2D eigenvalue weighted by molar-refractivity contribution is -0.102. The van der Waals surface area contributed by atoms with Crippen molar-refractivity contribution in [1.29, 1.82) is 0 Å². The fourth-order valence-electron chi connectivity index (χ4n) is 4.17. The number of morpholine rings is 1. The van der Waals surface area contributed by atoms with Crippen molar-refractivity contribution in [2.45, 2.75) is 31.4 Å². The lowest BCUT2D eigenvalue weighted by atomic mass is 9.94. The number of rotatable bonds is 4. The van der Waals surface area contributed by atoms with E-state index in [2.05, 4.69) is 23.5 Å². The Hall–Kier alpha value is -2.31. The predicted molar refractivity (Wildman–Crippen MR) is 101 cm³/mol. The van der Waals surface area contributed by atoms with Gasteiger partial charge in [-0.1, -0.05) is 24.3 Å². The normalized spacial score (nSPS) is 22.7. The van der Waals surface area contributed by atoms with Crippen LogP contribution in [-0.4, -0.2) is 44.3 Å². The van der Waals surface area contributed by atoms with Gasteiger partial charge in [-0.15, -0.1) is 0 Å². The highest BCUT2D eigenvalue weighted by molar-refractivity contribution is 5.75. The average Bonchev–Trinajstić information content (AvgIpc) is 3.26. The summed E-state index contributed by atoms with van der Waals surface area (Å²) in [4.78, 5) is 14.8. The molecule has 2 amide bonds. The number of hydrogen-bond acceptors (Lipinski definition) is 4. The molecule has 0 saturated carbocycles. The second-order valence-corrected chi connectivity index (χ2v) is 7.33. The Morgan fingerprint density at radius 3 is 2.96 bits per heavy atom. The van der Waals surface area contributed by atoms with Crippen molar-refractivity contribution in [2.75, 3.05) is 33.4 Å². The van der Waals surface area contributed by atoms with E-state index in [1.807, 2.05) is 30.0 Å². The lowest BCUT2D eigenvalue weighted by Gasteiger charge is -2.41. The SMILES string of the molecule is COCC(NC(=O)N1CCOC2(CCc3ccccc32)C1)c1ccc(C)o1. The summed E-state index contributed by atoms with van der Waals surface area (Å²) in [6, 6.07) is 11.7. The highest BCUT2D eigenvalue weighted by Crippen LogP contribution is 2.42. The van der Waals surface area contributed by atoms with Crippen molar-refractivity contribution in [3.8, 4) is 0 Å². The van der Waals surface area contributed by atoms with Crippen LogP contribution in [0.2, 0.25) is 0 Å². The zero-order chi connectivity index (χ0) is 18.9. The fraction of sp³-hybridized carbons (Fsp3) is 0.476. The number of furan rings is 1. The number of amides is 2. The minimum absolute atomic E-state index is 0.113. The molecule has 1 aliphatic carbocycles. The second kappa shape index (κ2) is 7.37. The first-order valence-electron chi connectivity index (χ1n) is 9.44. The molecule has 1 spiro atoms. The summed E-state index contributed by atoms with van der Waals surface area (Å²) in [7, 11) is 1.62. The van der Waals surface area contributed by atoms with E-state index in [1.54, 1.807) is 7.11 Å². The maximum Gasteiger partial charge on any atom is 0.318 e. The van der Waals surface area contributed by atoms with Crippen molar-refractivity contribution < 1.29 is 18.7 Å². The third kappa shape index (κ3) is 3.47. The molecule has 144 valence electrons. The van der Waals surface area contributed by atoms with E-state index in [0.717, 1.165) is 18.6 Å². The average molecular weight is 370 g/mol. The van der Waals surface area contributed by atoms with E-state index < -0.39 is 0 Å². The molecule has 2 unspecified atom stereocenters. The molecule has 6 nitrogen and oxygen atoms in total. The van der Waals surface area contributed by atoms with Crippen LogP contribution < -0.4 is 5.32 Å². The number of nitrogens with zero attached hydrogens (tertiary/aromatic N) is 1. The number of aryl methyl sites for hydroxylation is 2. The minimum atomic E-state index is -0.385. The van der Waals surface area contributed by atoms with Gasteiger partial charge in [0.05, 0.1) is 19.8 Å². The molecule has 0 radical (unpaired) electrons. The van der Waals surface area contributed by atoms with E-state index >= 15 is 0 Å². The maximum atomic E-state index is 13.0. The van der Waals surface area contributed by atoms with E-state index in [-0.39, 0.29) is 17.7 Å². The van der Waals surface area contributed by atoms with Gasteiger partial charge in [-0.2, -0.15) is 0 Å².